The predicted octanol–water partition coefficient (Wildman–Crippen LogP) is 1.86. The van der Waals surface area contributed by atoms with Gasteiger partial charge in [0.2, 0.25) is 5.95 Å². The molecule has 0 fully saturated rings. The van der Waals surface area contributed by atoms with E-state index in [1.54, 1.807) is 12.4 Å². The summed E-state index contributed by atoms with van der Waals surface area (Å²) in [5.74, 6) is -0.0719. The maximum absolute atomic E-state index is 10.6. The van der Waals surface area contributed by atoms with Crippen LogP contribution in [0.5, 0.6) is 0 Å². The van der Waals surface area contributed by atoms with Crippen LogP contribution in [0.2, 0.25) is 0 Å². The van der Waals surface area contributed by atoms with Crippen molar-refractivity contribution in [2.75, 3.05) is 17.2 Å². The average Bonchev–Trinajstić information content (AvgIpc) is 2.45. The zero-order valence-corrected chi connectivity index (χ0v) is 11.9. The Morgan fingerprint density at radius 3 is 2.81 bits per heavy atom. The van der Waals surface area contributed by atoms with E-state index in [2.05, 4.69) is 25.6 Å². The number of rotatable bonds is 6. The third-order valence-corrected chi connectivity index (χ3v) is 2.52. The van der Waals surface area contributed by atoms with Crippen molar-refractivity contribution < 1.29 is 9.90 Å². The minimum absolute atomic E-state index is 0.203. The summed E-state index contributed by atoms with van der Waals surface area (Å²) in [6.07, 6.45) is 3.38. The van der Waals surface area contributed by atoms with Crippen LogP contribution in [-0.2, 0) is 4.79 Å². The van der Waals surface area contributed by atoms with Crippen LogP contribution in [0.15, 0.2) is 30.6 Å². The molecule has 0 radical (unpaired) electrons. The van der Waals surface area contributed by atoms with Gasteiger partial charge in [-0.25, -0.2) is 4.98 Å². The maximum atomic E-state index is 10.6. The van der Waals surface area contributed by atoms with Crippen molar-refractivity contribution in [3.63, 3.8) is 0 Å². The molecule has 7 nitrogen and oxygen atoms in total. The molecule has 0 bridgehead atoms. The molecule has 0 unspecified atom stereocenters. The van der Waals surface area contributed by atoms with Crippen LogP contribution >= 0.6 is 0 Å². The first-order valence-electron chi connectivity index (χ1n) is 6.56. The van der Waals surface area contributed by atoms with Crippen LogP contribution in [-0.4, -0.2) is 38.6 Å². The summed E-state index contributed by atoms with van der Waals surface area (Å²) in [5, 5.41) is 14.6. The molecule has 0 aliphatic heterocycles. The van der Waals surface area contributed by atoms with Gasteiger partial charge < -0.3 is 15.7 Å². The summed E-state index contributed by atoms with van der Waals surface area (Å²) >= 11 is 0. The highest BCUT2D eigenvalue weighted by Gasteiger charge is 2.08. The van der Waals surface area contributed by atoms with E-state index in [0.29, 0.717) is 11.5 Å². The van der Waals surface area contributed by atoms with Crippen LogP contribution in [0, 0.1) is 0 Å². The van der Waals surface area contributed by atoms with Crippen molar-refractivity contribution in [2.24, 2.45) is 0 Å². The molecule has 0 aliphatic rings. The van der Waals surface area contributed by atoms with Crippen molar-refractivity contribution in [3.05, 3.63) is 30.6 Å². The molecular formula is C14H17N5O2. The number of aliphatic carboxylic acids is 1. The molecule has 0 amide bonds. The zero-order valence-electron chi connectivity index (χ0n) is 11.9. The second-order valence-corrected chi connectivity index (χ2v) is 4.75. The lowest BCUT2D eigenvalue weighted by atomic mass is 10.2. The molecule has 0 saturated carbocycles. The van der Waals surface area contributed by atoms with Crippen LogP contribution in [0.3, 0.4) is 0 Å². The van der Waals surface area contributed by atoms with E-state index >= 15 is 0 Å². The molecule has 110 valence electrons. The normalized spacial score (nSPS) is 10.4. The second-order valence-electron chi connectivity index (χ2n) is 4.75. The number of hydrogen-bond acceptors (Lipinski definition) is 6. The maximum Gasteiger partial charge on any atom is 0.322 e. The van der Waals surface area contributed by atoms with E-state index in [-0.39, 0.29) is 18.5 Å². The molecule has 0 aromatic carbocycles. The summed E-state index contributed by atoms with van der Waals surface area (Å²) in [4.78, 5) is 23.3. The topological polar surface area (TPSA) is 100 Å². The van der Waals surface area contributed by atoms with Gasteiger partial charge in [0.25, 0.3) is 0 Å². The van der Waals surface area contributed by atoms with Gasteiger partial charge in [0.15, 0.2) is 0 Å². The highest BCUT2D eigenvalue weighted by Crippen LogP contribution is 2.20. The van der Waals surface area contributed by atoms with E-state index < -0.39 is 5.97 Å². The molecule has 3 N–H and O–H groups in total. The molecule has 2 rings (SSSR count). The zero-order chi connectivity index (χ0) is 15.2. The van der Waals surface area contributed by atoms with Gasteiger partial charge >= 0.3 is 5.97 Å². The van der Waals surface area contributed by atoms with Crippen LogP contribution in [0.25, 0.3) is 11.3 Å². The first-order valence-corrected chi connectivity index (χ1v) is 6.56. The molecule has 0 atom stereocenters. The Morgan fingerprint density at radius 1 is 1.38 bits per heavy atom. The third-order valence-electron chi connectivity index (χ3n) is 2.52. The lowest BCUT2D eigenvalue weighted by Gasteiger charge is -2.12. The Hall–Kier alpha value is -2.70. The molecule has 2 aromatic heterocycles. The summed E-state index contributed by atoms with van der Waals surface area (Å²) in [7, 11) is 0. The van der Waals surface area contributed by atoms with E-state index in [0.717, 1.165) is 5.56 Å². The predicted molar refractivity (Wildman–Crippen MR) is 80.1 cm³/mol. The minimum atomic E-state index is -0.969. The number of carboxylic acids is 1. The van der Waals surface area contributed by atoms with Crippen molar-refractivity contribution >= 4 is 17.7 Å². The van der Waals surface area contributed by atoms with Gasteiger partial charge in [-0.05, 0) is 26.0 Å². The summed E-state index contributed by atoms with van der Waals surface area (Å²) < 4.78 is 0. The van der Waals surface area contributed by atoms with E-state index in [9.17, 15) is 4.79 Å². The van der Waals surface area contributed by atoms with E-state index in [1.807, 2.05) is 32.0 Å². The van der Waals surface area contributed by atoms with Crippen molar-refractivity contribution in [3.8, 4) is 11.3 Å². The fourth-order valence-electron chi connectivity index (χ4n) is 1.71. The van der Waals surface area contributed by atoms with Crippen LogP contribution in [0.1, 0.15) is 13.8 Å². The highest BCUT2D eigenvalue weighted by molar-refractivity contribution is 5.72. The van der Waals surface area contributed by atoms with Gasteiger partial charge in [-0.1, -0.05) is 0 Å². The molecule has 2 aromatic rings. The molecular weight excluding hydrogens is 270 g/mol. The summed E-state index contributed by atoms with van der Waals surface area (Å²) in [6.45, 7) is 3.75. The van der Waals surface area contributed by atoms with Gasteiger partial charge in [0.05, 0.1) is 5.69 Å². The number of anilines is 2. The number of aromatic nitrogens is 3. The van der Waals surface area contributed by atoms with Crippen LogP contribution < -0.4 is 10.6 Å². The summed E-state index contributed by atoms with van der Waals surface area (Å²) in [6, 6.07) is 5.71. The fraction of sp³-hybridized carbons (Fsp3) is 0.286. The SMILES string of the molecule is CC(C)Nc1cc(-c2cccnc2)nc(NCC(=O)O)n1. The standard InChI is InChI=1S/C14H17N5O2/c1-9(2)17-12-6-11(10-4-3-5-15-7-10)18-14(19-12)16-8-13(20)21/h3-7,9H,8H2,1-2H3,(H,20,21)(H2,16,17,18,19). The number of pyridine rings is 1. The van der Waals surface area contributed by atoms with Gasteiger partial charge in [-0.2, -0.15) is 4.98 Å². The Balaban J connectivity index is 2.34. The Morgan fingerprint density at radius 2 is 2.19 bits per heavy atom. The van der Waals surface area contributed by atoms with Crippen molar-refractivity contribution in [1.29, 1.82) is 0 Å². The number of carbonyl (C=O) groups is 1. The monoisotopic (exact) mass is 287 g/mol. The van der Waals surface area contributed by atoms with Gasteiger partial charge in [-0.15, -0.1) is 0 Å². The molecule has 2 heterocycles. The number of carboxylic acid groups (broad SMARTS) is 1. The summed E-state index contributed by atoms with van der Waals surface area (Å²) in [5.41, 5.74) is 1.51. The quantitative estimate of drug-likeness (QED) is 0.745. The van der Waals surface area contributed by atoms with Crippen LogP contribution in [0.4, 0.5) is 11.8 Å². The minimum Gasteiger partial charge on any atom is -0.480 e. The highest BCUT2D eigenvalue weighted by atomic mass is 16.4. The number of nitrogens with one attached hydrogen (secondary N) is 2. The Kier molecular flexibility index (Phi) is 4.65. The molecule has 0 aliphatic carbocycles. The Bertz CT molecular complexity index is 616. The average molecular weight is 287 g/mol. The van der Waals surface area contributed by atoms with Crippen molar-refractivity contribution in [2.45, 2.75) is 19.9 Å². The number of nitrogens with zero attached hydrogens (tertiary/aromatic N) is 3. The second kappa shape index (κ2) is 6.65. The van der Waals surface area contributed by atoms with E-state index in [1.165, 1.54) is 0 Å². The first kappa shape index (κ1) is 14.7. The number of hydrogen-bond donors (Lipinski definition) is 3. The largest absolute Gasteiger partial charge is 0.480 e. The smallest absolute Gasteiger partial charge is 0.322 e. The molecule has 0 spiro atoms. The fourth-order valence-corrected chi connectivity index (χ4v) is 1.71. The van der Waals surface area contributed by atoms with Gasteiger partial charge in [-0.3, -0.25) is 9.78 Å². The molecule has 0 saturated heterocycles. The molecule has 21 heavy (non-hydrogen) atoms. The lowest BCUT2D eigenvalue weighted by Crippen LogP contribution is -2.16. The first-order chi connectivity index (χ1) is 10.0. The Labute approximate surface area is 122 Å². The lowest BCUT2D eigenvalue weighted by molar-refractivity contribution is -0.134. The third kappa shape index (κ3) is 4.41. The van der Waals surface area contributed by atoms with E-state index in [4.69, 9.17) is 5.11 Å². The van der Waals surface area contributed by atoms with Gasteiger partial charge in [0.1, 0.15) is 12.4 Å². The van der Waals surface area contributed by atoms with Gasteiger partial charge in [0, 0.05) is 30.1 Å². The molecule has 7 heteroatoms. The van der Waals surface area contributed by atoms with Crippen molar-refractivity contribution in [1.82, 2.24) is 15.0 Å².